The number of benzene rings is 2. The molecule has 2 atom stereocenters. The van der Waals surface area contributed by atoms with Crippen molar-refractivity contribution in [2.24, 2.45) is 4.99 Å². The quantitative estimate of drug-likeness (QED) is 0.468. The van der Waals surface area contributed by atoms with Crippen LogP contribution in [0.4, 0.5) is 36.4 Å². The number of hydrogen-bond acceptors (Lipinski definition) is 6. The van der Waals surface area contributed by atoms with E-state index >= 15 is 0 Å². The van der Waals surface area contributed by atoms with E-state index in [2.05, 4.69) is 21.1 Å². The summed E-state index contributed by atoms with van der Waals surface area (Å²) in [5, 5.41) is 15.5. The molecule has 36 heavy (non-hydrogen) atoms. The zero-order chi connectivity index (χ0) is 26.3. The van der Waals surface area contributed by atoms with Gasteiger partial charge in [-0.3, -0.25) is 0 Å². The van der Waals surface area contributed by atoms with Crippen LogP contribution in [0.25, 0.3) is 5.70 Å². The minimum absolute atomic E-state index is 0.0349. The second kappa shape index (κ2) is 9.61. The molecule has 1 saturated heterocycles. The summed E-state index contributed by atoms with van der Waals surface area (Å²) in [5.41, 5.74) is 1.07. The highest BCUT2D eigenvalue weighted by Crippen LogP contribution is 2.40. The summed E-state index contributed by atoms with van der Waals surface area (Å²) in [6.45, 7) is -0.125. The van der Waals surface area contributed by atoms with Crippen LogP contribution >= 0.6 is 11.6 Å². The van der Waals surface area contributed by atoms with Gasteiger partial charge >= 0.3 is 12.4 Å². The molecular formula is C22H16ClF7N6. The molecule has 0 spiro atoms. The minimum atomic E-state index is -4.79. The number of rotatable bonds is 4. The maximum absolute atomic E-state index is 14.0. The average Bonchev–Trinajstić information content (AvgIpc) is 3.15. The number of nitrogens with zero attached hydrogens (tertiary/aromatic N) is 3. The molecule has 0 amide bonds. The van der Waals surface area contributed by atoms with Crippen molar-refractivity contribution >= 4 is 28.9 Å². The van der Waals surface area contributed by atoms with Crippen molar-refractivity contribution in [3.8, 4) is 6.07 Å². The third-order valence-corrected chi connectivity index (χ3v) is 5.60. The summed E-state index contributed by atoms with van der Waals surface area (Å²) >= 11 is 5.87. The van der Waals surface area contributed by atoms with Gasteiger partial charge in [-0.15, -0.1) is 0 Å². The second-order valence-electron chi connectivity index (χ2n) is 7.87. The van der Waals surface area contributed by atoms with E-state index in [4.69, 9.17) is 16.9 Å². The number of guanidine groups is 1. The molecule has 0 bridgehead atoms. The topological polar surface area (TPSA) is 75.5 Å². The highest BCUT2D eigenvalue weighted by atomic mass is 35.5. The Morgan fingerprint density at radius 2 is 1.78 bits per heavy atom. The summed E-state index contributed by atoms with van der Waals surface area (Å²) in [5.74, 6) is -0.789. The highest BCUT2D eigenvalue weighted by Gasteiger charge is 2.53. The first-order valence-corrected chi connectivity index (χ1v) is 10.7. The lowest BCUT2D eigenvalue weighted by molar-refractivity contribution is -0.149. The number of halogens is 8. The van der Waals surface area contributed by atoms with Gasteiger partial charge in [-0.05, 0) is 35.9 Å². The number of fused-ring (bicyclic) bond motifs is 1. The van der Waals surface area contributed by atoms with E-state index in [-0.39, 0.29) is 46.5 Å². The summed E-state index contributed by atoms with van der Waals surface area (Å²) in [7, 11) is 0. The van der Waals surface area contributed by atoms with Crippen LogP contribution in [-0.2, 0) is 6.18 Å². The van der Waals surface area contributed by atoms with E-state index < -0.39 is 35.9 Å². The first-order valence-electron chi connectivity index (χ1n) is 10.3. The van der Waals surface area contributed by atoms with Gasteiger partial charge in [0.1, 0.15) is 18.0 Å². The SMILES string of the molecule is N#CCCN1NC(C(F)(F)F)C2=C(c3ccc(C(F)(F)F)cc3)NC(Nc3cc(F)cc(Cl)c3)=NC21. The van der Waals surface area contributed by atoms with Crippen molar-refractivity contribution in [3.63, 3.8) is 0 Å². The molecule has 0 saturated carbocycles. The normalized spacial score (nSPS) is 20.5. The Kier molecular flexibility index (Phi) is 6.87. The summed E-state index contributed by atoms with van der Waals surface area (Å²) in [6, 6.07) is 6.70. The van der Waals surface area contributed by atoms with Crippen molar-refractivity contribution in [1.29, 1.82) is 5.26 Å². The van der Waals surface area contributed by atoms with Gasteiger partial charge in [0.15, 0.2) is 0 Å². The molecule has 2 aliphatic heterocycles. The van der Waals surface area contributed by atoms with Crippen LogP contribution < -0.4 is 16.1 Å². The summed E-state index contributed by atoms with van der Waals surface area (Å²) in [4.78, 5) is 4.27. The summed E-state index contributed by atoms with van der Waals surface area (Å²) < 4.78 is 94.9. The van der Waals surface area contributed by atoms with Crippen molar-refractivity contribution in [2.75, 3.05) is 11.9 Å². The Bertz CT molecular complexity index is 1230. The van der Waals surface area contributed by atoms with E-state index in [0.717, 1.165) is 41.4 Å². The number of hydrazine groups is 1. The fourth-order valence-electron chi connectivity index (χ4n) is 3.88. The molecule has 14 heteroatoms. The van der Waals surface area contributed by atoms with Crippen LogP contribution in [0, 0.1) is 17.1 Å². The number of anilines is 1. The Labute approximate surface area is 205 Å². The van der Waals surface area contributed by atoms with Gasteiger partial charge in [-0.25, -0.2) is 19.8 Å². The molecule has 2 unspecified atom stereocenters. The highest BCUT2D eigenvalue weighted by molar-refractivity contribution is 6.31. The predicted molar refractivity (Wildman–Crippen MR) is 118 cm³/mol. The van der Waals surface area contributed by atoms with Crippen LogP contribution in [0.5, 0.6) is 0 Å². The molecule has 0 aliphatic carbocycles. The van der Waals surface area contributed by atoms with E-state index in [1.165, 1.54) is 6.07 Å². The van der Waals surface area contributed by atoms with Crippen molar-refractivity contribution in [1.82, 2.24) is 15.8 Å². The van der Waals surface area contributed by atoms with Gasteiger partial charge in [0.2, 0.25) is 5.96 Å². The molecule has 0 radical (unpaired) electrons. The maximum atomic E-state index is 14.0. The molecule has 2 aliphatic rings. The minimum Gasteiger partial charge on any atom is -0.326 e. The Morgan fingerprint density at radius 3 is 2.36 bits per heavy atom. The maximum Gasteiger partial charge on any atom is 0.416 e. The van der Waals surface area contributed by atoms with Gasteiger partial charge in [0.25, 0.3) is 0 Å². The van der Waals surface area contributed by atoms with E-state index in [9.17, 15) is 30.7 Å². The molecule has 2 heterocycles. The molecule has 2 aromatic rings. The van der Waals surface area contributed by atoms with Gasteiger partial charge in [0, 0.05) is 29.2 Å². The number of aliphatic imine (C=N–C) groups is 1. The van der Waals surface area contributed by atoms with Crippen LogP contribution in [0.1, 0.15) is 17.5 Å². The number of nitrogens with one attached hydrogen (secondary N) is 3. The first-order chi connectivity index (χ1) is 16.9. The first kappa shape index (κ1) is 25.7. The summed E-state index contributed by atoms with van der Waals surface area (Å²) in [6.07, 6.45) is -10.8. The van der Waals surface area contributed by atoms with Crippen LogP contribution in [0.2, 0.25) is 5.02 Å². The molecular weight excluding hydrogens is 517 g/mol. The smallest absolute Gasteiger partial charge is 0.326 e. The Morgan fingerprint density at radius 1 is 1.08 bits per heavy atom. The van der Waals surface area contributed by atoms with Gasteiger partial charge < -0.3 is 10.6 Å². The van der Waals surface area contributed by atoms with Crippen LogP contribution in [0.15, 0.2) is 53.0 Å². The molecule has 6 nitrogen and oxygen atoms in total. The lowest BCUT2D eigenvalue weighted by Crippen LogP contribution is -2.44. The van der Waals surface area contributed by atoms with Crippen molar-refractivity contribution in [2.45, 2.75) is 31.0 Å². The van der Waals surface area contributed by atoms with Crippen molar-refractivity contribution < 1.29 is 30.7 Å². The molecule has 1 fully saturated rings. The fourth-order valence-corrected chi connectivity index (χ4v) is 4.10. The zero-order valence-electron chi connectivity index (χ0n) is 18.0. The van der Waals surface area contributed by atoms with Crippen LogP contribution in [-0.4, -0.2) is 35.9 Å². The van der Waals surface area contributed by atoms with Crippen LogP contribution in [0.3, 0.4) is 0 Å². The second-order valence-corrected chi connectivity index (χ2v) is 8.31. The predicted octanol–water partition coefficient (Wildman–Crippen LogP) is 5.27. The average molecular weight is 533 g/mol. The third kappa shape index (κ3) is 5.40. The lowest BCUT2D eigenvalue weighted by Gasteiger charge is -2.29. The number of alkyl halides is 6. The van der Waals surface area contributed by atoms with Gasteiger partial charge in [0.05, 0.1) is 17.3 Å². The molecule has 190 valence electrons. The molecule has 3 N–H and O–H groups in total. The molecule has 4 rings (SSSR count). The van der Waals surface area contributed by atoms with E-state index in [1.54, 1.807) is 0 Å². The number of nitriles is 1. The monoisotopic (exact) mass is 532 g/mol. The third-order valence-electron chi connectivity index (χ3n) is 5.38. The number of hydrogen-bond donors (Lipinski definition) is 3. The lowest BCUT2D eigenvalue weighted by atomic mass is 9.97. The fraction of sp³-hybridized carbons (Fsp3) is 0.273. The van der Waals surface area contributed by atoms with E-state index in [0.29, 0.717) is 0 Å². The van der Waals surface area contributed by atoms with E-state index in [1.807, 2.05) is 6.07 Å². The Balaban J connectivity index is 1.80. The van der Waals surface area contributed by atoms with Crippen molar-refractivity contribution in [3.05, 3.63) is 70.0 Å². The van der Waals surface area contributed by atoms with Gasteiger partial charge in [-0.2, -0.15) is 31.6 Å². The standard InChI is InChI=1S/C22H16ClF7N6/c23-13-8-14(24)10-15(9-13)32-20-33-17(11-2-4-12(5-3-11)21(25,26)27)16-18(22(28,29)30)35-36(7-1-6-31)19(16)34-20/h2-5,8-10,18-19,35H,1,7H2,(H2,32,33,34). The van der Waals surface area contributed by atoms with Gasteiger partial charge in [-0.1, -0.05) is 23.7 Å². The molecule has 0 aromatic heterocycles. The Hall–Kier alpha value is -3.34. The molecule has 2 aromatic carbocycles. The zero-order valence-corrected chi connectivity index (χ0v) is 18.7. The largest absolute Gasteiger partial charge is 0.416 e.